The zero-order chi connectivity index (χ0) is 13.8. The van der Waals surface area contributed by atoms with Crippen LogP contribution >= 0.6 is 0 Å². The van der Waals surface area contributed by atoms with Gasteiger partial charge in [-0.25, -0.2) is 0 Å². The van der Waals surface area contributed by atoms with Crippen LogP contribution in [0.5, 0.6) is 5.75 Å². The van der Waals surface area contributed by atoms with Crippen molar-refractivity contribution in [2.24, 2.45) is 5.92 Å². The van der Waals surface area contributed by atoms with Gasteiger partial charge in [-0.05, 0) is 50.8 Å². The summed E-state index contributed by atoms with van der Waals surface area (Å²) < 4.78 is 5.55. The first kappa shape index (κ1) is 13.9. The Morgan fingerprint density at radius 2 is 2.21 bits per heavy atom. The molecule has 1 aromatic carbocycles. The SMILES string of the molecule is CC(C)Oc1cccc(C(=O)NCC(O)C2CC2)c1. The Morgan fingerprint density at radius 3 is 2.84 bits per heavy atom. The molecule has 0 saturated heterocycles. The van der Waals surface area contributed by atoms with Crippen LogP contribution < -0.4 is 10.1 Å². The van der Waals surface area contributed by atoms with Crippen molar-refractivity contribution >= 4 is 5.91 Å². The zero-order valence-electron chi connectivity index (χ0n) is 11.4. The van der Waals surface area contributed by atoms with E-state index in [1.165, 1.54) is 0 Å². The van der Waals surface area contributed by atoms with Gasteiger partial charge in [0.05, 0.1) is 12.2 Å². The van der Waals surface area contributed by atoms with Crippen molar-refractivity contribution in [1.29, 1.82) is 0 Å². The Bertz CT molecular complexity index is 441. The van der Waals surface area contributed by atoms with Crippen molar-refractivity contribution in [3.8, 4) is 5.75 Å². The Morgan fingerprint density at radius 1 is 1.47 bits per heavy atom. The minimum atomic E-state index is -0.418. The van der Waals surface area contributed by atoms with Gasteiger partial charge in [-0.1, -0.05) is 6.07 Å². The maximum Gasteiger partial charge on any atom is 0.251 e. The van der Waals surface area contributed by atoms with E-state index < -0.39 is 6.10 Å². The highest BCUT2D eigenvalue weighted by atomic mass is 16.5. The smallest absolute Gasteiger partial charge is 0.251 e. The van der Waals surface area contributed by atoms with Crippen LogP contribution in [0.25, 0.3) is 0 Å². The van der Waals surface area contributed by atoms with Crippen LogP contribution in [-0.4, -0.2) is 29.8 Å². The molecule has 0 bridgehead atoms. The van der Waals surface area contributed by atoms with Gasteiger partial charge in [0.15, 0.2) is 0 Å². The van der Waals surface area contributed by atoms with Gasteiger partial charge < -0.3 is 15.2 Å². The summed E-state index contributed by atoms with van der Waals surface area (Å²) in [6, 6.07) is 7.09. The van der Waals surface area contributed by atoms with Crippen molar-refractivity contribution in [1.82, 2.24) is 5.32 Å². The minimum Gasteiger partial charge on any atom is -0.491 e. The van der Waals surface area contributed by atoms with Crippen molar-refractivity contribution in [3.63, 3.8) is 0 Å². The fraction of sp³-hybridized carbons (Fsp3) is 0.533. The summed E-state index contributed by atoms with van der Waals surface area (Å²) in [6.45, 7) is 4.20. The van der Waals surface area contributed by atoms with Crippen LogP contribution in [0.15, 0.2) is 24.3 Å². The summed E-state index contributed by atoms with van der Waals surface area (Å²) in [5.41, 5.74) is 0.557. The third kappa shape index (κ3) is 4.24. The topological polar surface area (TPSA) is 58.6 Å². The van der Waals surface area contributed by atoms with Crippen molar-refractivity contribution in [2.75, 3.05) is 6.54 Å². The highest BCUT2D eigenvalue weighted by Gasteiger charge is 2.29. The lowest BCUT2D eigenvalue weighted by molar-refractivity contribution is 0.0900. The number of hydrogen-bond acceptors (Lipinski definition) is 3. The Kier molecular flexibility index (Phi) is 4.43. The molecule has 0 radical (unpaired) electrons. The van der Waals surface area contributed by atoms with Gasteiger partial charge >= 0.3 is 0 Å². The van der Waals surface area contributed by atoms with E-state index in [2.05, 4.69) is 5.32 Å². The number of aliphatic hydroxyl groups excluding tert-OH is 1. The predicted molar refractivity (Wildman–Crippen MR) is 73.3 cm³/mol. The molecule has 0 spiro atoms. The molecule has 1 aliphatic rings. The molecule has 1 fully saturated rings. The molecule has 4 nitrogen and oxygen atoms in total. The summed E-state index contributed by atoms with van der Waals surface area (Å²) in [7, 11) is 0. The van der Waals surface area contributed by atoms with Crippen molar-refractivity contribution in [3.05, 3.63) is 29.8 Å². The fourth-order valence-electron chi connectivity index (χ4n) is 1.93. The number of carbonyl (C=O) groups is 1. The number of carbonyl (C=O) groups excluding carboxylic acids is 1. The van der Waals surface area contributed by atoms with Crippen LogP contribution in [0.3, 0.4) is 0 Å². The second-order valence-electron chi connectivity index (χ2n) is 5.31. The number of amides is 1. The molecule has 1 atom stereocenters. The van der Waals surface area contributed by atoms with Gasteiger partial charge in [-0.2, -0.15) is 0 Å². The molecule has 0 aromatic heterocycles. The molecule has 1 aromatic rings. The molecule has 104 valence electrons. The zero-order valence-corrected chi connectivity index (χ0v) is 11.4. The number of benzene rings is 1. The number of nitrogens with one attached hydrogen (secondary N) is 1. The van der Waals surface area contributed by atoms with E-state index in [1.807, 2.05) is 19.9 Å². The van der Waals surface area contributed by atoms with Crippen molar-refractivity contribution in [2.45, 2.75) is 38.9 Å². The van der Waals surface area contributed by atoms with Gasteiger partial charge in [0.1, 0.15) is 5.75 Å². The second kappa shape index (κ2) is 6.06. The van der Waals surface area contributed by atoms with E-state index in [0.29, 0.717) is 23.8 Å². The maximum atomic E-state index is 12.0. The minimum absolute atomic E-state index is 0.0787. The fourth-order valence-corrected chi connectivity index (χ4v) is 1.93. The van der Waals surface area contributed by atoms with Gasteiger partial charge in [0.25, 0.3) is 5.91 Å². The quantitative estimate of drug-likeness (QED) is 0.825. The molecule has 2 N–H and O–H groups in total. The third-order valence-corrected chi connectivity index (χ3v) is 3.11. The summed E-state index contributed by atoms with van der Waals surface area (Å²) in [6.07, 6.45) is 1.79. The van der Waals surface area contributed by atoms with Gasteiger partial charge in [0, 0.05) is 12.1 Å². The molecular formula is C15H21NO3. The number of hydrogen-bond donors (Lipinski definition) is 2. The lowest BCUT2D eigenvalue weighted by atomic mass is 10.2. The highest BCUT2D eigenvalue weighted by molar-refractivity contribution is 5.94. The van der Waals surface area contributed by atoms with E-state index in [-0.39, 0.29) is 12.0 Å². The highest BCUT2D eigenvalue weighted by Crippen LogP contribution is 2.32. The number of rotatable bonds is 6. The van der Waals surface area contributed by atoms with Crippen LogP contribution in [-0.2, 0) is 0 Å². The average molecular weight is 263 g/mol. The lowest BCUT2D eigenvalue weighted by Crippen LogP contribution is -2.33. The molecular weight excluding hydrogens is 242 g/mol. The second-order valence-corrected chi connectivity index (χ2v) is 5.31. The number of ether oxygens (including phenoxy) is 1. The molecule has 0 aliphatic heterocycles. The number of aliphatic hydroxyl groups is 1. The molecule has 2 rings (SSSR count). The average Bonchev–Trinajstić information content (AvgIpc) is 3.19. The third-order valence-electron chi connectivity index (χ3n) is 3.11. The van der Waals surface area contributed by atoms with Crippen LogP contribution in [0.1, 0.15) is 37.0 Å². The van der Waals surface area contributed by atoms with Crippen molar-refractivity contribution < 1.29 is 14.6 Å². The molecule has 1 amide bonds. The van der Waals surface area contributed by atoms with E-state index in [9.17, 15) is 9.90 Å². The van der Waals surface area contributed by atoms with Gasteiger partial charge in [0.2, 0.25) is 0 Å². The first-order chi connectivity index (χ1) is 9.06. The lowest BCUT2D eigenvalue weighted by Gasteiger charge is -2.12. The molecule has 1 saturated carbocycles. The van der Waals surface area contributed by atoms with Crippen LogP contribution in [0, 0.1) is 5.92 Å². The molecule has 1 unspecified atom stereocenters. The Balaban J connectivity index is 1.90. The van der Waals surface area contributed by atoms with Gasteiger partial charge in [-0.15, -0.1) is 0 Å². The summed E-state index contributed by atoms with van der Waals surface area (Å²) >= 11 is 0. The van der Waals surface area contributed by atoms with Crippen LogP contribution in [0.4, 0.5) is 0 Å². The Labute approximate surface area is 113 Å². The summed E-state index contributed by atoms with van der Waals surface area (Å²) in [5.74, 6) is 0.884. The first-order valence-electron chi connectivity index (χ1n) is 6.79. The largest absolute Gasteiger partial charge is 0.491 e. The van der Waals surface area contributed by atoms with E-state index >= 15 is 0 Å². The molecule has 0 heterocycles. The standard InChI is InChI=1S/C15H21NO3/c1-10(2)19-13-5-3-4-12(8-13)15(18)16-9-14(17)11-6-7-11/h3-5,8,10-11,14,17H,6-7,9H2,1-2H3,(H,16,18). The van der Waals surface area contributed by atoms with Gasteiger partial charge in [-0.3, -0.25) is 4.79 Å². The monoisotopic (exact) mass is 263 g/mol. The summed E-state index contributed by atoms with van der Waals surface area (Å²) in [4.78, 5) is 12.0. The van der Waals surface area contributed by atoms with E-state index in [0.717, 1.165) is 12.8 Å². The van der Waals surface area contributed by atoms with E-state index in [1.54, 1.807) is 18.2 Å². The normalized spacial score (nSPS) is 16.2. The van der Waals surface area contributed by atoms with E-state index in [4.69, 9.17) is 4.74 Å². The maximum absolute atomic E-state index is 12.0. The Hall–Kier alpha value is -1.55. The predicted octanol–water partition coefficient (Wildman–Crippen LogP) is 1.97. The molecule has 19 heavy (non-hydrogen) atoms. The molecule has 4 heteroatoms. The van der Waals surface area contributed by atoms with Crippen LogP contribution in [0.2, 0.25) is 0 Å². The summed E-state index contributed by atoms with van der Waals surface area (Å²) in [5, 5.41) is 12.5. The molecule has 1 aliphatic carbocycles. The first-order valence-corrected chi connectivity index (χ1v) is 6.79.